The first-order valence-corrected chi connectivity index (χ1v) is 14.4. The Labute approximate surface area is 245 Å². The normalized spacial score (nSPS) is 17.7. The van der Waals surface area contributed by atoms with Gasteiger partial charge in [-0.3, -0.25) is 9.98 Å². The summed E-state index contributed by atoms with van der Waals surface area (Å²) >= 11 is 0. The molecule has 2 atom stereocenters. The lowest BCUT2D eigenvalue weighted by Crippen LogP contribution is -2.28. The maximum absolute atomic E-state index is 4.94. The SMILES string of the molecule is CN=c1ccc(-c2c3ccccc3c(-c3ccc4c(c3)C3C=CC=NC3N4c3ccccc3)c3ccccc23)cn1C. The topological polar surface area (TPSA) is 32.9 Å². The van der Waals surface area contributed by atoms with Crippen molar-refractivity contribution in [3.63, 3.8) is 0 Å². The van der Waals surface area contributed by atoms with Crippen LogP contribution in [0.25, 0.3) is 43.8 Å². The van der Waals surface area contributed by atoms with Gasteiger partial charge < -0.3 is 9.47 Å². The molecule has 2 unspecified atom stereocenters. The number of rotatable bonds is 3. The Bertz CT molecular complexity index is 2080. The molecule has 0 saturated carbocycles. The summed E-state index contributed by atoms with van der Waals surface area (Å²) in [6.07, 6.45) is 8.54. The first kappa shape index (κ1) is 24.6. The van der Waals surface area contributed by atoms with Crippen LogP contribution in [0.3, 0.4) is 0 Å². The molecular formula is C38H30N4. The van der Waals surface area contributed by atoms with Crippen LogP contribution in [0.4, 0.5) is 11.4 Å². The van der Waals surface area contributed by atoms with E-state index in [0.717, 1.165) is 5.49 Å². The summed E-state index contributed by atoms with van der Waals surface area (Å²) in [5, 5.41) is 5.01. The van der Waals surface area contributed by atoms with E-state index >= 15 is 0 Å². The van der Waals surface area contributed by atoms with E-state index in [-0.39, 0.29) is 12.1 Å². The van der Waals surface area contributed by atoms with Crippen LogP contribution in [0.2, 0.25) is 0 Å². The van der Waals surface area contributed by atoms with Gasteiger partial charge in [0.1, 0.15) is 11.7 Å². The number of hydrogen-bond donors (Lipinski definition) is 0. The van der Waals surface area contributed by atoms with Crippen molar-refractivity contribution >= 4 is 39.1 Å². The average molecular weight is 543 g/mol. The molecule has 0 radical (unpaired) electrons. The van der Waals surface area contributed by atoms with Crippen LogP contribution >= 0.6 is 0 Å². The number of dihydropyridines is 1. The number of benzene rings is 5. The van der Waals surface area contributed by atoms with Crippen molar-refractivity contribution in [3.05, 3.63) is 139 Å². The summed E-state index contributed by atoms with van der Waals surface area (Å²) < 4.78 is 2.10. The summed E-state index contributed by atoms with van der Waals surface area (Å²) in [4.78, 5) is 11.7. The Morgan fingerprint density at radius 3 is 1.95 bits per heavy atom. The number of anilines is 2. The summed E-state index contributed by atoms with van der Waals surface area (Å²) in [6, 6.07) is 39.6. The second-order valence-corrected chi connectivity index (χ2v) is 11.1. The Kier molecular flexibility index (Phi) is 5.68. The van der Waals surface area contributed by atoms with E-state index in [4.69, 9.17) is 4.99 Å². The van der Waals surface area contributed by atoms with Gasteiger partial charge in [0.2, 0.25) is 0 Å². The van der Waals surface area contributed by atoms with E-state index in [1.54, 1.807) is 0 Å². The van der Waals surface area contributed by atoms with E-state index in [1.807, 2.05) is 13.3 Å². The fourth-order valence-corrected chi connectivity index (χ4v) is 6.94. The van der Waals surface area contributed by atoms with Crippen LogP contribution in [0.1, 0.15) is 11.5 Å². The number of nitrogens with zero attached hydrogens (tertiary/aromatic N) is 4. The van der Waals surface area contributed by atoms with Crippen LogP contribution in [0.15, 0.2) is 138 Å². The summed E-state index contributed by atoms with van der Waals surface area (Å²) in [7, 11) is 3.90. The van der Waals surface area contributed by atoms with E-state index in [2.05, 4.69) is 149 Å². The number of aliphatic imine (C=N–C) groups is 1. The second kappa shape index (κ2) is 9.71. The quantitative estimate of drug-likeness (QED) is 0.207. The standard InChI is InChI=1S/C38H30N4/c1-39-35-21-19-26(24-41(35)2)37-30-15-8-6-13-28(30)36(29-14-7-9-16-31(29)37)25-18-20-34-33(23-25)32-17-10-22-40-38(32)42(34)27-11-4-3-5-12-27/h3-24,32,38H,1-2H3. The molecule has 202 valence electrons. The number of pyridine rings is 1. The lowest BCUT2D eigenvalue weighted by atomic mass is 9.85. The highest BCUT2D eigenvalue weighted by molar-refractivity contribution is 6.21. The van der Waals surface area contributed by atoms with E-state index in [1.165, 1.54) is 60.7 Å². The third-order valence-electron chi connectivity index (χ3n) is 8.75. The summed E-state index contributed by atoms with van der Waals surface area (Å²) in [5.74, 6) is 0.199. The van der Waals surface area contributed by atoms with Crippen molar-refractivity contribution in [2.45, 2.75) is 12.1 Å². The van der Waals surface area contributed by atoms with Crippen LogP contribution < -0.4 is 10.4 Å². The van der Waals surface area contributed by atoms with Gasteiger partial charge in [0, 0.05) is 43.8 Å². The smallest absolute Gasteiger partial charge is 0.135 e. The predicted octanol–water partition coefficient (Wildman–Crippen LogP) is 8.40. The number of fused-ring (bicyclic) bond motifs is 5. The van der Waals surface area contributed by atoms with Crippen molar-refractivity contribution in [2.24, 2.45) is 17.0 Å². The molecule has 4 nitrogen and oxygen atoms in total. The van der Waals surface area contributed by atoms with Crippen LogP contribution in [0.5, 0.6) is 0 Å². The van der Waals surface area contributed by atoms with Crippen molar-refractivity contribution < 1.29 is 0 Å². The lowest BCUT2D eigenvalue weighted by Gasteiger charge is -2.27. The molecule has 0 aliphatic carbocycles. The van der Waals surface area contributed by atoms with Gasteiger partial charge in [0.25, 0.3) is 0 Å². The highest BCUT2D eigenvalue weighted by atomic mass is 15.3. The van der Waals surface area contributed by atoms with Crippen LogP contribution in [0, 0.1) is 0 Å². The van der Waals surface area contributed by atoms with Gasteiger partial charge >= 0.3 is 0 Å². The first-order valence-electron chi connectivity index (χ1n) is 14.4. The van der Waals surface area contributed by atoms with Crippen molar-refractivity contribution in [3.8, 4) is 22.3 Å². The summed E-state index contributed by atoms with van der Waals surface area (Å²) in [6.45, 7) is 0. The minimum Gasteiger partial charge on any atom is -0.336 e. The number of allylic oxidation sites excluding steroid dienone is 1. The van der Waals surface area contributed by atoms with E-state index in [0.29, 0.717) is 0 Å². The van der Waals surface area contributed by atoms with Gasteiger partial charge in [0.15, 0.2) is 0 Å². The zero-order valence-corrected chi connectivity index (χ0v) is 23.6. The van der Waals surface area contributed by atoms with Gasteiger partial charge in [-0.2, -0.15) is 0 Å². The molecule has 8 rings (SSSR count). The van der Waals surface area contributed by atoms with Crippen molar-refractivity contribution in [1.29, 1.82) is 0 Å². The molecule has 0 saturated heterocycles. The lowest BCUT2D eigenvalue weighted by molar-refractivity contribution is 0.659. The molecule has 3 heterocycles. The molecule has 0 amide bonds. The van der Waals surface area contributed by atoms with Gasteiger partial charge in [-0.25, -0.2) is 0 Å². The average Bonchev–Trinajstić information content (AvgIpc) is 3.37. The van der Waals surface area contributed by atoms with Crippen molar-refractivity contribution in [1.82, 2.24) is 4.57 Å². The Balaban J connectivity index is 1.39. The summed E-state index contributed by atoms with van der Waals surface area (Å²) in [5.41, 5.74) is 9.60. The molecule has 2 aliphatic rings. The fraction of sp³-hybridized carbons (Fsp3) is 0.105. The zero-order chi connectivity index (χ0) is 28.2. The minimum absolute atomic E-state index is 0.0251. The number of aryl methyl sites for hydroxylation is 1. The molecule has 0 bridgehead atoms. The molecular weight excluding hydrogens is 512 g/mol. The van der Waals surface area contributed by atoms with Gasteiger partial charge in [-0.15, -0.1) is 0 Å². The van der Waals surface area contributed by atoms with Gasteiger partial charge in [0.05, 0.1) is 0 Å². The Morgan fingerprint density at radius 1 is 0.690 bits per heavy atom. The molecule has 0 N–H and O–H groups in total. The Hall–Kier alpha value is -5.22. The molecule has 0 spiro atoms. The highest BCUT2D eigenvalue weighted by Crippen LogP contribution is 2.50. The van der Waals surface area contributed by atoms with Crippen LogP contribution in [-0.4, -0.2) is 24.0 Å². The zero-order valence-electron chi connectivity index (χ0n) is 23.6. The van der Waals surface area contributed by atoms with Gasteiger partial charge in [-0.1, -0.05) is 78.9 Å². The maximum Gasteiger partial charge on any atom is 0.135 e. The Morgan fingerprint density at radius 2 is 1.31 bits per heavy atom. The number of hydrogen-bond acceptors (Lipinski definition) is 3. The number of para-hydroxylation sites is 1. The van der Waals surface area contributed by atoms with E-state index < -0.39 is 0 Å². The fourth-order valence-electron chi connectivity index (χ4n) is 6.94. The first-order chi connectivity index (χ1) is 20.7. The molecule has 0 fully saturated rings. The highest BCUT2D eigenvalue weighted by Gasteiger charge is 2.38. The molecule has 2 aliphatic heterocycles. The van der Waals surface area contributed by atoms with E-state index in [9.17, 15) is 0 Å². The molecule has 4 heteroatoms. The monoisotopic (exact) mass is 542 g/mol. The molecule has 1 aromatic heterocycles. The third-order valence-corrected chi connectivity index (χ3v) is 8.75. The second-order valence-electron chi connectivity index (χ2n) is 11.1. The third kappa shape index (κ3) is 3.68. The molecule has 42 heavy (non-hydrogen) atoms. The maximum atomic E-state index is 4.94. The van der Waals surface area contributed by atoms with Gasteiger partial charge in [-0.05, 0) is 91.8 Å². The number of aromatic nitrogens is 1. The molecule has 5 aromatic carbocycles. The predicted molar refractivity (Wildman–Crippen MR) is 176 cm³/mol. The van der Waals surface area contributed by atoms with Crippen molar-refractivity contribution in [2.75, 3.05) is 11.9 Å². The largest absolute Gasteiger partial charge is 0.336 e. The molecule has 6 aromatic rings. The van der Waals surface area contributed by atoms with Crippen LogP contribution in [-0.2, 0) is 7.05 Å². The minimum atomic E-state index is 0.0251.